The number of nitrogens with zero attached hydrogens (tertiary/aromatic N) is 2. The monoisotopic (exact) mass is 381 g/mol. The first kappa shape index (κ1) is 17.9. The molecule has 4 rings (SSSR count). The molecule has 3 heterocycles. The van der Waals surface area contributed by atoms with Gasteiger partial charge in [0.1, 0.15) is 0 Å². The van der Waals surface area contributed by atoms with Crippen molar-refractivity contribution in [3.05, 3.63) is 64.3 Å². The number of carbonyl (C=O) groups excluding carboxylic acids is 1. The molecule has 0 aliphatic carbocycles. The molecule has 1 aliphatic heterocycles. The maximum Gasteiger partial charge on any atom is 0.220 e. The first-order valence-electron chi connectivity index (χ1n) is 9.32. The third kappa shape index (κ3) is 4.64. The van der Waals surface area contributed by atoms with Crippen LogP contribution in [-0.4, -0.2) is 35.4 Å². The maximum atomic E-state index is 12.1. The summed E-state index contributed by atoms with van der Waals surface area (Å²) in [5.74, 6) is 1.39. The zero-order valence-corrected chi connectivity index (χ0v) is 16.0. The molecule has 3 aromatic rings. The molecule has 1 aliphatic rings. The Balaban J connectivity index is 1.18. The number of fused-ring (bicyclic) bond motifs is 1. The van der Waals surface area contributed by atoms with E-state index in [1.807, 2.05) is 41.7 Å². The van der Waals surface area contributed by atoms with E-state index in [-0.39, 0.29) is 5.91 Å². The first-order chi connectivity index (χ1) is 13.3. The summed E-state index contributed by atoms with van der Waals surface area (Å²) in [7, 11) is 0. The Bertz CT molecular complexity index is 888. The lowest BCUT2D eigenvalue weighted by Gasteiger charge is -2.26. The Kier molecular flexibility index (Phi) is 5.65. The van der Waals surface area contributed by atoms with E-state index in [0.29, 0.717) is 25.3 Å². The van der Waals surface area contributed by atoms with Crippen LogP contribution in [0.5, 0.6) is 0 Å². The van der Waals surface area contributed by atoms with Crippen molar-refractivity contribution in [1.82, 2.24) is 15.2 Å². The molecule has 140 valence electrons. The zero-order chi connectivity index (χ0) is 18.5. The molecule has 0 bridgehead atoms. The number of nitrogens with one attached hydrogen (secondary N) is 1. The van der Waals surface area contributed by atoms with Gasteiger partial charge in [-0.05, 0) is 23.4 Å². The van der Waals surface area contributed by atoms with Gasteiger partial charge in [0, 0.05) is 49.5 Å². The van der Waals surface area contributed by atoms with Gasteiger partial charge in [-0.1, -0.05) is 30.3 Å². The summed E-state index contributed by atoms with van der Waals surface area (Å²) in [6.45, 7) is 3.63. The van der Waals surface area contributed by atoms with Crippen molar-refractivity contribution in [3.8, 4) is 11.3 Å². The minimum Gasteiger partial charge on any atom is -0.441 e. The molecule has 1 N–H and O–H groups in total. The first-order valence-corrected chi connectivity index (χ1v) is 10.2. The van der Waals surface area contributed by atoms with Gasteiger partial charge in [0.05, 0.1) is 6.20 Å². The number of aromatic nitrogens is 1. The highest BCUT2D eigenvalue weighted by atomic mass is 32.1. The lowest BCUT2D eigenvalue weighted by molar-refractivity contribution is -0.121. The van der Waals surface area contributed by atoms with E-state index >= 15 is 0 Å². The van der Waals surface area contributed by atoms with Crippen LogP contribution in [0.25, 0.3) is 11.3 Å². The van der Waals surface area contributed by atoms with E-state index in [9.17, 15) is 4.79 Å². The Morgan fingerprint density at radius 3 is 3.04 bits per heavy atom. The molecule has 27 heavy (non-hydrogen) atoms. The lowest BCUT2D eigenvalue weighted by atomic mass is 10.1. The molecule has 0 spiro atoms. The molecule has 0 radical (unpaired) electrons. The second kappa shape index (κ2) is 8.50. The normalized spacial score (nSPS) is 14.1. The summed E-state index contributed by atoms with van der Waals surface area (Å²) >= 11 is 1.85. The van der Waals surface area contributed by atoms with Gasteiger partial charge in [0.2, 0.25) is 5.91 Å². The predicted molar refractivity (Wildman–Crippen MR) is 107 cm³/mol. The Labute approximate surface area is 163 Å². The van der Waals surface area contributed by atoms with E-state index in [1.54, 1.807) is 6.20 Å². The SMILES string of the molecule is O=C(CCc1ncc(-c2ccccc2)o1)NCCN1CCc2sccc2C1. The molecule has 0 atom stereocenters. The second-order valence-electron chi connectivity index (χ2n) is 6.73. The molecule has 5 nitrogen and oxygen atoms in total. The number of hydrogen-bond donors (Lipinski definition) is 1. The second-order valence-corrected chi connectivity index (χ2v) is 7.73. The van der Waals surface area contributed by atoms with E-state index in [4.69, 9.17) is 4.42 Å². The smallest absolute Gasteiger partial charge is 0.220 e. The van der Waals surface area contributed by atoms with Crippen LogP contribution in [0.3, 0.4) is 0 Å². The molecule has 0 unspecified atom stereocenters. The zero-order valence-electron chi connectivity index (χ0n) is 15.2. The minimum absolute atomic E-state index is 0.0442. The van der Waals surface area contributed by atoms with Crippen molar-refractivity contribution >= 4 is 17.2 Å². The van der Waals surface area contributed by atoms with Gasteiger partial charge in [-0.2, -0.15) is 0 Å². The van der Waals surface area contributed by atoms with Crippen LogP contribution in [0.4, 0.5) is 0 Å². The number of aryl methyl sites for hydroxylation is 1. The highest BCUT2D eigenvalue weighted by molar-refractivity contribution is 7.10. The largest absolute Gasteiger partial charge is 0.441 e. The van der Waals surface area contributed by atoms with Crippen LogP contribution < -0.4 is 5.32 Å². The number of thiophene rings is 1. The number of amides is 1. The van der Waals surface area contributed by atoms with Crippen LogP contribution >= 0.6 is 11.3 Å². The van der Waals surface area contributed by atoms with Gasteiger partial charge >= 0.3 is 0 Å². The Morgan fingerprint density at radius 2 is 2.15 bits per heavy atom. The number of carbonyl (C=O) groups is 1. The summed E-state index contributed by atoms with van der Waals surface area (Å²) < 4.78 is 5.75. The van der Waals surface area contributed by atoms with Gasteiger partial charge in [0.15, 0.2) is 11.7 Å². The molecule has 6 heteroatoms. The van der Waals surface area contributed by atoms with Crippen LogP contribution in [0, 0.1) is 0 Å². The lowest BCUT2D eigenvalue weighted by Crippen LogP contribution is -2.37. The standard InChI is InChI=1S/C21H23N3O2S/c25-20(22-10-12-24-11-8-19-17(15-24)9-13-27-19)6-7-21-23-14-18(26-21)16-4-2-1-3-5-16/h1-5,9,13-14H,6-8,10-12,15H2,(H,22,25). The molecule has 1 aromatic carbocycles. The van der Waals surface area contributed by atoms with Crippen molar-refractivity contribution in [2.45, 2.75) is 25.8 Å². The van der Waals surface area contributed by atoms with Gasteiger partial charge < -0.3 is 9.73 Å². The van der Waals surface area contributed by atoms with E-state index < -0.39 is 0 Å². The molecule has 0 saturated carbocycles. The minimum atomic E-state index is 0.0442. The van der Waals surface area contributed by atoms with E-state index in [0.717, 1.165) is 37.4 Å². The average Bonchev–Trinajstić information content (AvgIpc) is 3.36. The predicted octanol–water partition coefficient (Wildman–Crippen LogP) is 3.51. The van der Waals surface area contributed by atoms with Gasteiger partial charge in [-0.3, -0.25) is 9.69 Å². The average molecular weight is 382 g/mol. The molecule has 2 aromatic heterocycles. The van der Waals surface area contributed by atoms with Crippen molar-refractivity contribution in [1.29, 1.82) is 0 Å². The molecule has 1 amide bonds. The van der Waals surface area contributed by atoms with Gasteiger partial charge in [-0.15, -0.1) is 11.3 Å². The Hall–Kier alpha value is -2.44. The Morgan fingerprint density at radius 1 is 1.26 bits per heavy atom. The van der Waals surface area contributed by atoms with Gasteiger partial charge in [0.25, 0.3) is 0 Å². The van der Waals surface area contributed by atoms with Crippen molar-refractivity contribution < 1.29 is 9.21 Å². The van der Waals surface area contributed by atoms with Crippen molar-refractivity contribution in [2.24, 2.45) is 0 Å². The fraction of sp³-hybridized carbons (Fsp3) is 0.333. The molecular weight excluding hydrogens is 358 g/mol. The number of oxazole rings is 1. The third-order valence-corrected chi connectivity index (χ3v) is 5.84. The third-order valence-electron chi connectivity index (χ3n) is 4.81. The molecular formula is C21H23N3O2S. The topological polar surface area (TPSA) is 58.4 Å². The fourth-order valence-corrected chi connectivity index (χ4v) is 4.21. The van der Waals surface area contributed by atoms with Crippen LogP contribution in [0.15, 0.2) is 52.4 Å². The highest BCUT2D eigenvalue weighted by Gasteiger charge is 2.16. The number of benzene rings is 1. The number of rotatable bonds is 7. The summed E-state index contributed by atoms with van der Waals surface area (Å²) in [6.07, 6.45) is 3.75. The van der Waals surface area contributed by atoms with E-state index in [2.05, 4.69) is 26.6 Å². The number of hydrogen-bond acceptors (Lipinski definition) is 5. The fourth-order valence-electron chi connectivity index (χ4n) is 3.32. The van der Waals surface area contributed by atoms with Crippen LogP contribution in [0.1, 0.15) is 22.8 Å². The summed E-state index contributed by atoms with van der Waals surface area (Å²) in [4.78, 5) is 20.3. The van der Waals surface area contributed by atoms with Gasteiger partial charge in [-0.25, -0.2) is 4.98 Å². The summed E-state index contributed by atoms with van der Waals surface area (Å²) in [5, 5.41) is 5.18. The van der Waals surface area contributed by atoms with Crippen LogP contribution in [-0.2, 0) is 24.2 Å². The van der Waals surface area contributed by atoms with E-state index in [1.165, 1.54) is 10.4 Å². The molecule has 0 fully saturated rings. The highest BCUT2D eigenvalue weighted by Crippen LogP contribution is 2.23. The molecule has 0 saturated heterocycles. The summed E-state index contributed by atoms with van der Waals surface area (Å²) in [5.41, 5.74) is 2.44. The van der Waals surface area contributed by atoms with Crippen molar-refractivity contribution in [2.75, 3.05) is 19.6 Å². The summed E-state index contributed by atoms with van der Waals surface area (Å²) in [6, 6.07) is 12.1. The maximum absolute atomic E-state index is 12.1. The van der Waals surface area contributed by atoms with Crippen LogP contribution in [0.2, 0.25) is 0 Å². The quantitative estimate of drug-likeness (QED) is 0.680. The van der Waals surface area contributed by atoms with Crippen molar-refractivity contribution in [3.63, 3.8) is 0 Å².